The average molecular weight is 421 g/mol. The number of piperidine rings is 1. The second-order valence-electron chi connectivity index (χ2n) is 9.34. The molecule has 2 fully saturated rings. The quantitative estimate of drug-likeness (QED) is 0.633. The minimum atomic E-state index is -0.509. The molecule has 2 saturated heterocycles. The van der Waals surface area contributed by atoms with E-state index >= 15 is 0 Å². The summed E-state index contributed by atoms with van der Waals surface area (Å²) in [5.41, 5.74) is 3.85. The van der Waals surface area contributed by atoms with Gasteiger partial charge in [-0.25, -0.2) is 9.50 Å². The number of aromatic nitrogens is 3. The third kappa shape index (κ3) is 3.62. The van der Waals surface area contributed by atoms with Gasteiger partial charge in [-0.2, -0.15) is 5.10 Å². The first-order valence-electron chi connectivity index (χ1n) is 10.9. The minimum Gasteiger partial charge on any atom is -0.347 e. The van der Waals surface area contributed by atoms with Crippen molar-refractivity contribution >= 4 is 11.6 Å². The van der Waals surface area contributed by atoms with E-state index in [4.69, 9.17) is 14.6 Å². The molecule has 0 radical (unpaired) electrons. The van der Waals surface area contributed by atoms with Gasteiger partial charge in [0.15, 0.2) is 11.4 Å². The van der Waals surface area contributed by atoms with Crippen molar-refractivity contribution in [3.05, 3.63) is 53.9 Å². The van der Waals surface area contributed by atoms with Gasteiger partial charge < -0.3 is 14.4 Å². The van der Waals surface area contributed by atoms with Crippen LogP contribution in [0.15, 0.2) is 42.6 Å². The van der Waals surface area contributed by atoms with Crippen molar-refractivity contribution in [2.45, 2.75) is 44.8 Å². The first-order chi connectivity index (χ1) is 14.9. The molecular formula is C24H28N4O3. The van der Waals surface area contributed by atoms with Crippen molar-refractivity contribution in [1.82, 2.24) is 19.5 Å². The number of likely N-dealkylation sites (tertiary alicyclic amines) is 1. The Morgan fingerprint density at radius 3 is 2.39 bits per heavy atom. The highest BCUT2D eigenvalue weighted by atomic mass is 16.7. The second-order valence-corrected chi connectivity index (χ2v) is 9.34. The molecule has 31 heavy (non-hydrogen) atoms. The molecule has 2 aliphatic heterocycles. The zero-order valence-electron chi connectivity index (χ0n) is 18.3. The Morgan fingerprint density at radius 2 is 1.74 bits per heavy atom. The first kappa shape index (κ1) is 20.2. The molecule has 3 aromatic rings. The van der Waals surface area contributed by atoms with Gasteiger partial charge in [0.2, 0.25) is 0 Å². The molecule has 0 N–H and O–H groups in total. The fourth-order valence-electron chi connectivity index (χ4n) is 4.34. The summed E-state index contributed by atoms with van der Waals surface area (Å²) in [7, 11) is 0. The van der Waals surface area contributed by atoms with Crippen LogP contribution in [0.25, 0.3) is 16.9 Å². The molecule has 2 aliphatic rings. The largest absolute Gasteiger partial charge is 0.347 e. The molecule has 5 rings (SSSR count). The molecule has 1 spiro atoms. The van der Waals surface area contributed by atoms with E-state index < -0.39 is 5.79 Å². The predicted molar refractivity (Wildman–Crippen MR) is 117 cm³/mol. The lowest BCUT2D eigenvalue weighted by atomic mass is 9.93. The Kier molecular flexibility index (Phi) is 4.83. The number of hydrogen-bond donors (Lipinski definition) is 0. The molecule has 7 heteroatoms. The molecule has 0 bridgehead atoms. The fourth-order valence-corrected chi connectivity index (χ4v) is 4.34. The van der Waals surface area contributed by atoms with Crippen LogP contribution in [0.4, 0.5) is 0 Å². The van der Waals surface area contributed by atoms with Crippen LogP contribution in [0.1, 0.15) is 49.7 Å². The van der Waals surface area contributed by atoms with Gasteiger partial charge in [-0.3, -0.25) is 4.79 Å². The molecule has 1 amide bonds. The number of ether oxygens (including phenoxy) is 2. The van der Waals surface area contributed by atoms with Crippen LogP contribution >= 0.6 is 0 Å². The summed E-state index contributed by atoms with van der Waals surface area (Å²) in [6.07, 6.45) is 3.07. The molecule has 162 valence electrons. The Labute approximate surface area is 182 Å². The number of benzene rings is 1. The van der Waals surface area contributed by atoms with Gasteiger partial charge in [0.25, 0.3) is 5.91 Å². The maximum atomic E-state index is 13.6. The summed E-state index contributed by atoms with van der Waals surface area (Å²) < 4.78 is 13.4. The predicted octanol–water partition coefficient (Wildman–Crippen LogP) is 3.67. The Morgan fingerprint density at radius 1 is 1.06 bits per heavy atom. The maximum Gasteiger partial charge on any atom is 0.257 e. The SMILES string of the molecule is CC(C)(C)c1cc2ncc(C(=O)N3CCC4(CC3)OCCO4)c(-c3ccccc3)n2n1. The van der Waals surface area contributed by atoms with E-state index in [2.05, 4.69) is 25.8 Å². The van der Waals surface area contributed by atoms with E-state index in [0.29, 0.717) is 44.7 Å². The molecule has 0 aliphatic carbocycles. The van der Waals surface area contributed by atoms with Crippen molar-refractivity contribution in [2.24, 2.45) is 0 Å². The smallest absolute Gasteiger partial charge is 0.257 e. The van der Waals surface area contributed by atoms with E-state index in [1.54, 1.807) is 6.20 Å². The van der Waals surface area contributed by atoms with Gasteiger partial charge in [0.05, 0.1) is 30.2 Å². The monoisotopic (exact) mass is 420 g/mol. The molecule has 2 aromatic heterocycles. The lowest BCUT2D eigenvalue weighted by Gasteiger charge is -2.37. The lowest BCUT2D eigenvalue weighted by molar-refractivity contribution is -0.181. The number of carbonyl (C=O) groups excluding carboxylic acids is 1. The second kappa shape index (κ2) is 7.43. The number of fused-ring (bicyclic) bond motifs is 1. The number of nitrogens with zero attached hydrogens (tertiary/aromatic N) is 4. The van der Waals surface area contributed by atoms with E-state index in [1.807, 2.05) is 45.8 Å². The van der Waals surface area contributed by atoms with Crippen LogP contribution in [0, 0.1) is 0 Å². The van der Waals surface area contributed by atoms with Gasteiger partial charge in [-0.1, -0.05) is 51.1 Å². The molecule has 0 unspecified atom stereocenters. The molecule has 0 saturated carbocycles. The third-order valence-electron chi connectivity index (χ3n) is 6.16. The van der Waals surface area contributed by atoms with Gasteiger partial charge in [0, 0.05) is 49.2 Å². The Hall–Kier alpha value is -2.77. The Balaban J connectivity index is 1.55. The zero-order valence-corrected chi connectivity index (χ0v) is 18.3. The highest BCUT2D eigenvalue weighted by Gasteiger charge is 2.41. The van der Waals surface area contributed by atoms with Crippen molar-refractivity contribution in [3.8, 4) is 11.3 Å². The van der Waals surface area contributed by atoms with Gasteiger partial charge in [0.1, 0.15) is 0 Å². The molecular weight excluding hydrogens is 392 g/mol. The highest BCUT2D eigenvalue weighted by molar-refractivity contribution is 6.00. The summed E-state index contributed by atoms with van der Waals surface area (Å²) >= 11 is 0. The van der Waals surface area contributed by atoms with Crippen LogP contribution in [0.3, 0.4) is 0 Å². The average Bonchev–Trinajstić information content (AvgIpc) is 3.41. The van der Waals surface area contributed by atoms with Crippen LogP contribution in [0.5, 0.6) is 0 Å². The normalized spacial score (nSPS) is 18.7. The molecule has 0 atom stereocenters. The highest BCUT2D eigenvalue weighted by Crippen LogP contribution is 2.33. The Bertz CT molecular complexity index is 1100. The number of rotatable bonds is 2. The van der Waals surface area contributed by atoms with Gasteiger partial charge in [-0.15, -0.1) is 0 Å². The molecule has 7 nitrogen and oxygen atoms in total. The van der Waals surface area contributed by atoms with Gasteiger partial charge >= 0.3 is 0 Å². The summed E-state index contributed by atoms with van der Waals surface area (Å²) in [5.74, 6) is -0.543. The number of hydrogen-bond acceptors (Lipinski definition) is 5. The van der Waals surface area contributed by atoms with Crippen LogP contribution in [-0.2, 0) is 14.9 Å². The minimum absolute atomic E-state index is 0.0334. The molecule has 1 aromatic carbocycles. The van der Waals surface area contributed by atoms with E-state index in [9.17, 15) is 4.79 Å². The topological polar surface area (TPSA) is 69.0 Å². The first-order valence-corrected chi connectivity index (χ1v) is 10.9. The number of carbonyl (C=O) groups is 1. The molecule has 4 heterocycles. The summed E-state index contributed by atoms with van der Waals surface area (Å²) in [5, 5.41) is 4.85. The van der Waals surface area contributed by atoms with Crippen molar-refractivity contribution in [1.29, 1.82) is 0 Å². The summed E-state index contributed by atoms with van der Waals surface area (Å²) in [4.78, 5) is 20.1. The van der Waals surface area contributed by atoms with Crippen LogP contribution < -0.4 is 0 Å². The summed E-state index contributed by atoms with van der Waals surface area (Å²) in [6, 6.07) is 11.9. The van der Waals surface area contributed by atoms with Crippen LogP contribution in [-0.4, -0.2) is 57.5 Å². The fraction of sp³-hybridized carbons (Fsp3) is 0.458. The van der Waals surface area contributed by atoms with Crippen LogP contribution in [0.2, 0.25) is 0 Å². The van der Waals surface area contributed by atoms with Gasteiger partial charge in [-0.05, 0) is 0 Å². The third-order valence-corrected chi connectivity index (χ3v) is 6.16. The lowest BCUT2D eigenvalue weighted by Crippen LogP contribution is -2.47. The zero-order chi connectivity index (χ0) is 21.6. The van der Waals surface area contributed by atoms with E-state index in [1.165, 1.54) is 0 Å². The summed E-state index contributed by atoms with van der Waals surface area (Å²) in [6.45, 7) is 8.82. The van der Waals surface area contributed by atoms with Crippen molar-refractivity contribution in [3.63, 3.8) is 0 Å². The van der Waals surface area contributed by atoms with E-state index in [-0.39, 0.29) is 11.3 Å². The van der Waals surface area contributed by atoms with Crippen molar-refractivity contribution in [2.75, 3.05) is 26.3 Å². The maximum absolute atomic E-state index is 13.6. The standard InChI is InChI=1S/C24H28N4O3/c1-23(2,3)19-15-20-25-16-18(21(28(20)26-19)17-7-5-4-6-8-17)22(29)27-11-9-24(10-12-27)30-13-14-31-24/h4-8,15-16H,9-14H2,1-3H3. The number of amides is 1. The van der Waals surface area contributed by atoms with E-state index in [0.717, 1.165) is 22.6 Å². The van der Waals surface area contributed by atoms with Crippen molar-refractivity contribution < 1.29 is 14.3 Å².